The molecular formula is C9H9N3O3S. The molecule has 1 N–H and O–H groups in total. The number of aryl methyl sites for hydroxylation is 1. The minimum Gasteiger partial charge on any atom is -0.506 e. The van der Waals surface area contributed by atoms with E-state index in [-0.39, 0.29) is 18.1 Å². The molecule has 6 nitrogen and oxygen atoms in total. The van der Waals surface area contributed by atoms with E-state index in [9.17, 15) is 9.90 Å². The highest BCUT2D eigenvalue weighted by Gasteiger charge is 2.24. The van der Waals surface area contributed by atoms with Crippen LogP contribution in [0.5, 0.6) is 0 Å². The van der Waals surface area contributed by atoms with Crippen molar-refractivity contribution < 1.29 is 14.6 Å². The quantitative estimate of drug-likeness (QED) is 0.646. The van der Waals surface area contributed by atoms with Crippen molar-refractivity contribution >= 4 is 22.4 Å². The molecule has 0 saturated carbocycles. The maximum Gasteiger partial charge on any atom is 0.362 e. The topological polar surface area (TPSA) is 84.1 Å². The molecule has 7 heteroatoms. The fourth-order valence-corrected chi connectivity index (χ4v) is 1.80. The number of aromatic nitrogens is 1. The Balaban J connectivity index is 2.15. The number of ether oxygens (including phenoxy) is 1. The standard InChI is InChI=1S/C9H9N3O3S/c1-2-5-4-16-9(10-5)12-11-7-6(13)3-15-8(7)14/h4,13H,2-3H2,1H3. The zero-order valence-electron chi connectivity index (χ0n) is 8.51. The van der Waals surface area contributed by atoms with E-state index < -0.39 is 5.97 Å². The van der Waals surface area contributed by atoms with Gasteiger partial charge in [0.1, 0.15) is 0 Å². The van der Waals surface area contributed by atoms with Gasteiger partial charge in [-0.2, -0.15) is 0 Å². The van der Waals surface area contributed by atoms with Crippen LogP contribution >= 0.6 is 11.3 Å². The van der Waals surface area contributed by atoms with Crippen molar-refractivity contribution in [2.24, 2.45) is 10.2 Å². The zero-order chi connectivity index (χ0) is 11.5. The van der Waals surface area contributed by atoms with Crippen LogP contribution in [0, 0.1) is 0 Å². The second kappa shape index (κ2) is 4.40. The second-order valence-corrected chi connectivity index (χ2v) is 3.88. The van der Waals surface area contributed by atoms with Crippen molar-refractivity contribution in [2.75, 3.05) is 6.61 Å². The van der Waals surface area contributed by atoms with Gasteiger partial charge in [0.05, 0.1) is 5.69 Å². The number of esters is 1. The monoisotopic (exact) mass is 239 g/mol. The molecule has 1 aliphatic rings. The summed E-state index contributed by atoms with van der Waals surface area (Å²) in [6, 6.07) is 0. The Morgan fingerprint density at radius 2 is 2.44 bits per heavy atom. The molecule has 2 heterocycles. The fraction of sp³-hybridized carbons (Fsp3) is 0.333. The molecule has 0 radical (unpaired) electrons. The van der Waals surface area contributed by atoms with Gasteiger partial charge in [-0.3, -0.25) is 0 Å². The molecule has 1 aliphatic heterocycles. The number of cyclic esters (lactones) is 1. The largest absolute Gasteiger partial charge is 0.506 e. The van der Waals surface area contributed by atoms with Crippen LogP contribution in [-0.4, -0.2) is 22.7 Å². The Hall–Kier alpha value is -1.76. The Bertz CT molecular complexity index is 478. The molecule has 1 aromatic heterocycles. The van der Waals surface area contributed by atoms with Crippen LogP contribution in [0.1, 0.15) is 12.6 Å². The smallest absolute Gasteiger partial charge is 0.362 e. The van der Waals surface area contributed by atoms with Gasteiger partial charge >= 0.3 is 5.97 Å². The predicted octanol–water partition coefficient (Wildman–Crippen LogP) is 2.12. The molecule has 16 heavy (non-hydrogen) atoms. The number of nitrogens with zero attached hydrogens (tertiary/aromatic N) is 3. The van der Waals surface area contributed by atoms with Gasteiger partial charge in [-0.25, -0.2) is 9.78 Å². The van der Waals surface area contributed by atoms with Crippen molar-refractivity contribution in [3.8, 4) is 0 Å². The maximum atomic E-state index is 11.1. The number of carbonyl (C=O) groups is 1. The first-order chi connectivity index (χ1) is 7.70. The van der Waals surface area contributed by atoms with Crippen molar-refractivity contribution in [3.05, 3.63) is 22.5 Å². The number of hydrogen-bond acceptors (Lipinski definition) is 7. The maximum absolute atomic E-state index is 11.1. The Kier molecular flexibility index (Phi) is 2.95. The number of rotatable bonds is 3. The molecule has 0 amide bonds. The van der Waals surface area contributed by atoms with Gasteiger partial charge in [-0.1, -0.05) is 6.92 Å². The Labute approximate surface area is 95.3 Å². The van der Waals surface area contributed by atoms with Gasteiger partial charge < -0.3 is 9.84 Å². The first-order valence-corrected chi connectivity index (χ1v) is 5.54. The van der Waals surface area contributed by atoms with Crippen LogP contribution in [0.15, 0.2) is 27.1 Å². The van der Waals surface area contributed by atoms with Gasteiger partial charge in [0, 0.05) is 5.38 Å². The highest BCUT2D eigenvalue weighted by Crippen LogP contribution is 2.22. The average molecular weight is 239 g/mol. The molecule has 2 rings (SSSR count). The van der Waals surface area contributed by atoms with Crippen LogP contribution in [0.3, 0.4) is 0 Å². The fourth-order valence-electron chi connectivity index (χ4n) is 1.08. The van der Waals surface area contributed by atoms with Gasteiger partial charge in [0.25, 0.3) is 0 Å². The summed E-state index contributed by atoms with van der Waals surface area (Å²) in [7, 11) is 0. The van der Waals surface area contributed by atoms with Crippen molar-refractivity contribution in [3.63, 3.8) is 0 Å². The zero-order valence-corrected chi connectivity index (χ0v) is 9.32. The minimum atomic E-state index is -0.659. The summed E-state index contributed by atoms with van der Waals surface area (Å²) in [4.78, 5) is 15.2. The molecule has 1 aromatic rings. The Morgan fingerprint density at radius 3 is 3.00 bits per heavy atom. The molecule has 0 atom stereocenters. The molecule has 0 aromatic carbocycles. The van der Waals surface area contributed by atoms with Crippen LogP contribution < -0.4 is 0 Å². The van der Waals surface area contributed by atoms with Crippen LogP contribution in [0.2, 0.25) is 0 Å². The van der Waals surface area contributed by atoms with Gasteiger partial charge in [0.15, 0.2) is 12.4 Å². The summed E-state index contributed by atoms with van der Waals surface area (Å²) < 4.78 is 4.56. The lowest BCUT2D eigenvalue weighted by atomic mass is 10.4. The molecule has 84 valence electrons. The lowest BCUT2D eigenvalue weighted by Gasteiger charge is -1.87. The predicted molar refractivity (Wildman–Crippen MR) is 56.6 cm³/mol. The van der Waals surface area contributed by atoms with Crippen LogP contribution in [-0.2, 0) is 16.0 Å². The number of aliphatic hydroxyl groups excluding tert-OH is 1. The number of thiazole rings is 1. The summed E-state index contributed by atoms with van der Waals surface area (Å²) in [6.07, 6.45) is 0.821. The molecule has 0 unspecified atom stereocenters. The Morgan fingerprint density at radius 1 is 1.62 bits per heavy atom. The van der Waals surface area contributed by atoms with E-state index in [0.29, 0.717) is 5.13 Å². The molecule has 0 aliphatic carbocycles. The highest BCUT2D eigenvalue weighted by molar-refractivity contribution is 7.13. The SMILES string of the molecule is CCc1csc(N=NC2=C(O)COC2=O)n1. The van der Waals surface area contributed by atoms with E-state index in [4.69, 9.17) is 0 Å². The first kappa shape index (κ1) is 10.7. The molecule has 0 bridgehead atoms. The van der Waals surface area contributed by atoms with E-state index in [1.54, 1.807) is 0 Å². The number of carbonyl (C=O) groups excluding carboxylic acids is 1. The first-order valence-electron chi connectivity index (χ1n) is 4.66. The number of hydrogen-bond donors (Lipinski definition) is 1. The summed E-state index contributed by atoms with van der Waals surface area (Å²) >= 11 is 1.33. The van der Waals surface area contributed by atoms with Gasteiger partial charge in [-0.05, 0) is 6.42 Å². The highest BCUT2D eigenvalue weighted by atomic mass is 32.1. The van der Waals surface area contributed by atoms with E-state index in [2.05, 4.69) is 19.9 Å². The van der Waals surface area contributed by atoms with Gasteiger partial charge in [0.2, 0.25) is 10.8 Å². The third-order valence-electron chi connectivity index (χ3n) is 1.94. The minimum absolute atomic E-state index is 0.134. The third-order valence-corrected chi connectivity index (χ3v) is 2.72. The summed E-state index contributed by atoms with van der Waals surface area (Å²) in [5.41, 5.74) is 0.777. The average Bonchev–Trinajstić information content (AvgIpc) is 2.85. The molecule has 0 fully saturated rings. The van der Waals surface area contributed by atoms with Crippen molar-refractivity contribution in [1.82, 2.24) is 4.98 Å². The summed E-state index contributed by atoms with van der Waals surface area (Å²) in [5.74, 6) is -0.852. The molecular weight excluding hydrogens is 230 g/mol. The lowest BCUT2D eigenvalue weighted by molar-refractivity contribution is -0.136. The number of azo groups is 1. The lowest BCUT2D eigenvalue weighted by Crippen LogP contribution is -1.96. The van der Waals surface area contributed by atoms with E-state index >= 15 is 0 Å². The third kappa shape index (κ3) is 2.08. The summed E-state index contributed by atoms with van der Waals surface area (Å²) in [5, 5.41) is 19.0. The van der Waals surface area contributed by atoms with Gasteiger partial charge in [-0.15, -0.1) is 21.6 Å². The molecule has 0 saturated heterocycles. The van der Waals surface area contributed by atoms with Crippen molar-refractivity contribution in [2.45, 2.75) is 13.3 Å². The number of aliphatic hydroxyl groups is 1. The summed E-state index contributed by atoms with van der Waals surface area (Å²) in [6.45, 7) is 1.85. The van der Waals surface area contributed by atoms with Crippen LogP contribution in [0.4, 0.5) is 5.13 Å². The van der Waals surface area contributed by atoms with Crippen LogP contribution in [0.25, 0.3) is 0 Å². The molecule has 0 spiro atoms. The van der Waals surface area contributed by atoms with E-state index in [1.807, 2.05) is 12.3 Å². The second-order valence-electron chi connectivity index (χ2n) is 3.05. The van der Waals surface area contributed by atoms with E-state index in [1.165, 1.54) is 11.3 Å². The normalized spacial score (nSPS) is 16.2. The van der Waals surface area contributed by atoms with E-state index in [0.717, 1.165) is 12.1 Å². The van der Waals surface area contributed by atoms with Crippen molar-refractivity contribution in [1.29, 1.82) is 0 Å².